The summed E-state index contributed by atoms with van der Waals surface area (Å²) in [5.74, 6) is -0.348. The van der Waals surface area contributed by atoms with Gasteiger partial charge in [-0.3, -0.25) is 4.79 Å². The van der Waals surface area contributed by atoms with Gasteiger partial charge in [0.15, 0.2) is 16.1 Å². The van der Waals surface area contributed by atoms with Crippen LogP contribution in [0.25, 0.3) is 11.1 Å². The van der Waals surface area contributed by atoms with E-state index in [0.717, 1.165) is 30.4 Å². The molecule has 0 radical (unpaired) electrons. The molecule has 0 bridgehead atoms. The van der Waals surface area contributed by atoms with E-state index < -0.39 is 26.8 Å². The number of hydroxylamine groups is 1. The number of nitrogens with one attached hydrogen (secondary N) is 1. The SMILES string of the molecule is O=C(CC1(c2ccc(-c3ccccc3)cc2)CCCCS1(=O)=O)NOC1CCCCO1. The second kappa shape index (κ2) is 9.51. The van der Waals surface area contributed by atoms with Gasteiger partial charge in [-0.25, -0.2) is 18.7 Å². The Bertz CT molecular complexity index is 984. The topological polar surface area (TPSA) is 81.7 Å². The van der Waals surface area contributed by atoms with Crippen molar-refractivity contribution in [3.63, 3.8) is 0 Å². The van der Waals surface area contributed by atoms with E-state index in [1.807, 2.05) is 54.6 Å². The van der Waals surface area contributed by atoms with E-state index in [1.165, 1.54) is 0 Å². The highest BCUT2D eigenvalue weighted by molar-refractivity contribution is 7.92. The zero-order chi connectivity index (χ0) is 21.7. The second-order valence-electron chi connectivity index (χ2n) is 8.33. The van der Waals surface area contributed by atoms with Crippen molar-refractivity contribution in [2.75, 3.05) is 12.4 Å². The molecule has 7 heteroatoms. The summed E-state index contributed by atoms with van der Waals surface area (Å²) in [6, 6.07) is 17.5. The number of amides is 1. The number of benzene rings is 2. The van der Waals surface area contributed by atoms with Gasteiger partial charge in [0.05, 0.1) is 12.2 Å². The van der Waals surface area contributed by atoms with Crippen molar-refractivity contribution in [3.05, 3.63) is 60.2 Å². The lowest BCUT2D eigenvalue weighted by Crippen LogP contribution is -2.45. The van der Waals surface area contributed by atoms with Gasteiger partial charge in [0, 0.05) is 13.0 Å². The van der Waals surface area contributed by atoms with Crippen molar-refractivity contribution < 1.29 is 22.8 Å². The van der Waals surface area contributed by atoms with Crippen LogP contribution in [-0.4, -0.2) is 33.0 Å². The molecule has 2 unspecified atom stereocenters. The Hall–Kier alpha value is -2.22. The Morgan fingerprint density at radius 2 is 1.74 bits per heavy atom. The molecule has 2 aliphatic rings. The van der Waals surface area contributed by atoms with Gasteiger partial charge < -0.3 is 4.74 Å². The maximum Gasteiger partial charge on any atom is 0.245 e. The van der Waals surface area contributed by atoms with Gasteiger partial charge >= 0.3 is 0 Å². The van der Waals surface area contributed by atoms with Crippen LogP contribution < -0.4 is 5.48 Å². The summed E-state index contributed by atoms with van der Waals surface area (Å²) >= 11 is 0. The zero-order valence-electron chi connectivity index (χ0n) is 17.6. The minimum absolute atomic E-state index is 0.0906. The highest BCUT2D eigenvalue weighted by Crippen LogP contribution is 2.43. The molecular formula is C24H29NO5S. The third-order valence-corrected chi connectivity index (χ3v) is 8.85. The maximum absolute atomic E-state index is 13.3. The number of rotatable bonds is 6. The van der Waals surface area contributed by atoms with Crippen molar-refractivity contribution in [2.24, 2.45) is 0 Å². The summed E-state index contributed by atoms with van der Waals surface area (Å²) in [5, 5.41) is 0. The molecule has 2 aliphatic heterocycles. The maximum atomic E-state index is 13.3. The molecule has 6 nitrogen and oxygen atoms in total. The molecule has 2 heterocycles. The average Bonchev–Trinajstić information content (AvgIpc) is 2.80. The minimum atomic E-state index is -3.50. The van der Waals surface area contributed by atoms with Crippen LogP contribution in [0.5, 0.6) is 0 Å². The predicted molar refractivity (Wildman–Crippen MR) is 119 cm³/mol. The van der Waals surface area contributed by atoms with Crippen LogP contribution in [0, 0.1) is 0 Å². The van der Waals surface area contributed by atoms with E-state index in [9.17, 15) is 13.2 Å². The molecule has 1 N–H and O–H groups in total. The number of carbonyl (C=O) groups is 1. The van der Waals surface area contributed by atoms with Gasteiger partial charge in [-0.15, -0.1) is 0 Å². The Labute approximate surface area is 183 Å². The Balaban J connectivity index is 1.56. The lowest BCUT2D eigenvalue weighted by molar-refractivity contribution is -0.200. The number of hydrogen-bond donors (Lipinski definition) is 1. The van der Waals surface area contributed by atoms with Gasteiger partial charge in [0.2, 0.25) is 5.91 Å². The van der Waals surface area contributed by atoms with Gasteiger partial charge in [-0.2, -0.15) is 0 Å². The van der Waals surface area contributed by atoms with Crippen LogP contribution in [0.3, 0.4) is 0 Å². The monoisotopic (exact) mass is 443 g/mol. The average molecular weight is 444 g/mol. The Morgan fingerprint density at radius 1 is 1.00 bits per heavy atom. The lowest BCUT2D eigenvalue weighted by Gasteiger charge is -2.37. The molecule has 2 saturated heterocycles. The summed E-state index contributed by atoms with van der Waals surface area (Å²) in [6.45, 7) is 0.604. The summed E-state index contributed by atoms with van der Waals surface area (Å²) in [5.41, 5.74) is 5.18. The number of ether oxygens (including phenoxy) is 1. The molecule has 4 rings (SSSR count). The van der Waals surface area contributed by atoms with E-state index >= 15 is 0 Å². The zero-order valence-corrected chi connectivity index (χ0v) is 18.4. The fourth-order valence-corrected chi connectivity index (χ4v) is 6.78. The smallest absolute Gasteiger partial charge is 0.245 e. The first-order chi connectivity index (χ1) is 15.0. The molecule has 0 saturated carbocycles. The van der Waals surface area contributed by atoms with Crippen LogP contribution in [-0.2, 0) is 29.0 Å². The quantitative estimate of drug-likeness (QED) is 0.680. The predicted octanol–water partition coefficient (Wildman–Crippen LogP) is 4.11. The van der Waals surface area contributed by atoms with Gasteiger partial charge in [-0.05, 0) is 42.4 Å². The van der Waals surface area contributed by atoms with E-state index in [0.29, 0.717) is 31.4 Å². The molecule has 2 fully saturated rings. The Morgan fingerprint density at radius 3 is 2.42 bits per heavy atom. The molecule has 31 heavy (non-hydrogen) atoms. The highest BCUT2D eigenvalue weighted by atomic mass is 32.2. The van der Waals surface area contributed by atoms with Crippen molar-refractivity contribution in [3.8, 4) is 11.1 Å². The van der Waals surface area contributed by atoms with Crippen molar-refractivity contribution >= 4 is 15.7 Å². The molecule has 166 valence electrons. The van der Waals surface area contributed by atoms with Crippen LogP contribution in [0.15, 0.2) is 54.6 Å². The minimum Gasteiger partial charge on any atom is -0.350 e. The van der Waals surface area contributed by atoms with Crippen molar-refractivity contribution in [1.29, 1.82) is 0 Å². The fourth-order valence-electron chi connectivity index (χ4n) is 4.51. The van der Waals surface area contributed by atoms with E-state index in [1.54, 1.807) is 0 Å². The van der Waals surface area contributed by atoms with Crippen LogP contribution >= 0.6 is 0 Å². The molecule has 1 amide bonds. The molecule has 0 aromatic heterocycles. The summed E-state index contributed by atoms with van der Waals surface area (Å²) < 4.78 is 30.7. The molecular weight excluding hydrogens is 414 g/mol. The third-order valence-electron chi connectivity index (χ3n) is 6.25. The number of carbonyl (C=O) groups excluding carboxylic acids is 1. The molecule has 2 atom stereocenters. The summed E-state index contributed by atoms with van der Waals surface area (Å²) in [7, 11) is -3.50. The molecule has 2 aromatic rings. The largest absolute Gasteiger partial charge is 0.350 e. The van der Waals surface area contributed by atoms with Crippen molar-refractivity contribution in [1.82, 2.24) is 5.48 Å². The van der Waals surface area contributed by atoms with E-state index in [4.69, 9.17) is 9.57 Å². The van der Waals surface area contributed by atoms with Crippen molar-refractivity contribution in [2.45, 2.75) is 56.0 Å². The van der Waals surface area contributed by atoms with E-state index in [2.05, 4.69) is 5.48 Å². The first-order valence-corrected chi connectivity index (χ1v) is 12.6. The standard InChI is InChI=1S/C24H29NO5S/c26-22(25-30-23-10-4-6-16-29-23)18-24(15-5-7-17-31(24,27)28)21-13-11-20(12-14-21)19-8-2-1-3-9-19/h1-3,8-9,11-14,23H,4-7,10,15-18H2,(H,25,26). The summed E-state index contributed by atoms with van der Waals surface area (Å²) in [6.07, 6.45) is 3.85. The fraction of sp³-hybridized carbons (Fsp3) is 0.458. The molecule has 0 spiro atoms. The lowest BCUT2D eigenvalue weighted by atomic mass is 9.87. The highest BCUT2D eigenvalue weighted by Gasteiger charge is 2.48. The second-order valence-corrected chi connectivity index (χ2v) is 10.7. The molecule has 0 aliphatic carbocycles. The van der Waals surface area contributed by atoms with Crippen LogP contribution in [0.4, 0.5) is 0 Å². The van der Waals surface area contributed by atoms with E-state index in [-0.39, 0.29) is 12.2 Å². The first-order valence-electron chi connectivity index (χ1n) is 10.9. The molecule has 2 aromatic carbocycles. The number of hydrogen-bond acceptors (Lipinski definition) is 5. The Kier molecular flexibility index (Phi) is 6.74. The third kappa shape index (κ3) is 4.84. The van der Waals surface area contributed by atoms with Gasteiger partial charge in [-0.1, -0.05) is 61.0 Å². The van der Waals surface area contributed by atoms with Gasteiger partial charge in [0.25, 0.3) is 0 Å². The van der Waals surface area contributed by atoms with Crippen LogP contribution in [0.1, 0.15) is 50.5 Å². The summed E-state index contributed by atoms with van der Waals surface area (Å²) in [4.78, 5) is 18.1. The van der Waals surface area contributed by atoms with Gasteiger partial charge in [0.1, 0.15) is 4.75 Å². The van der Waals surface area contributed by atoms with Crippen LogP contribution in [0.2, 0.25) is 0 Å². The first kappa shape index (κ1) is 22.0. The normalized spacial score (nSPS) is 25.6. The number of sulfone groups is 1.